The van der Waals surface area contributed by atoms with Gasteiger partial charge in [-0.2, -0.15) is 0 Å². The molecule has 166 valence electrons. The van der Waals surface area contributed by atoms with Crippen molar-refractivity contribution in [1.82, 2.24) is 4.90 Å². The fourth-order valence-electron chi connectivity index (χ4n) is 3.24. The van der Waals surface area contributed by atoms with Crippen LogP contribution >= 0.6 is 11.3 Å². The number of carbonyl (C=O) groups excluding carboxylic acids is 3. The van der Waals surface area contributed by atoms with Crippen LogP contribution in [0.3, 0.4) is 0 Å². The van der Waals surface area contributed by atoms with Crippen molar-refractivity contribution >= 4 is 44.1 Å². The smallest absolute Gasteiger partial charge is 0.409 e. The quantitative estimate of drug-likeness (QED) is 0.673. The number of rotatable bonds is 5. The second-order valence-corrected chi connectivity index (χ2v) is 9.95. The molecule has 1 aromatic carbocycles. The molecule has 0 atom stereocenters. The zero-order valence-corrected chi connectivity index (χ0v) is 18.9. The van der Waals surface area contributed by atoms with Gasteiger partial charge in [0.05, 0.1) is 30.7 Å². The van der Waals surface area contributed by atoms with Gasteiger partial charge in [0, 0.05) is 23.2 Å². The maximum atomic E-state index is 12.8. The van der Waals surface area contributed by atoms with Crippen molar-refractivity contribution in [3.8, 4) is 0 Å². The Balaban J connectivity index is 1.95. The van der Waals surface area contributed by atoms with Gasteiger partial charge < -0.3 is 19.7 Å². The van der Waals surface area contributed by atoms with Crippen LogP contribution in [0.2, 0.25) is 0 Å². The third-order valence-electron chi connectivity index (χ3n) is 4.72. The van der Waals surface area contributed by atoms with E-state index in [1.807, 2.05) is 0 Å². The summed E-state index contributed by atoms with van der Waals surface area (Å²) >= 11 is 1.18. The Hall–Kier alpha value is -2.92. The number of sulfone groups is 1. The zero-order chi connectivity index (χ0) is 22.8. The average Bonchev–Trinajstić information content (AvgIpc) is 3.09. The van der Waals surface area contributed by atoms with Gasteiger partial charge in [0.2, 0.25) is 0 Å². The summed E-state index contributed by atoms with van der Waals surface area (Å²) in [5, 5.41) is 3.01. The minimum Gasteiger partial charge on any atom is -0.462 e. The second kappa shape index (κ2) is 9.06. The van der Waals surface area contributed by atoms with Gasteiger partial charge in [-0.15, -0.1) is 11.3 Å². The van der Waals surface area contributed by atoms with Crippen LogP contribution in [0.25, 0.3) is 0 Å². The van der Waals surface area contributed by atoms with Crippen LogP contribution in [0.15, 0.2) is 29.2 Å². The summed E-state index contributed by atoms with van der Waals surface area (Å²) in [6.45, 7) is 2.47. The summed E-state index contributed by atoms with van der Waals surface area (Å²) in [5.74, 6) is -1.12. The standard InChI is InChI=1S/C20H22N2O7S2/c1-4-29-19(24)16-14-8-9-22(20(25)28-2)11-15(14)30-18(16)21-17(23)12-6-5-7-13(10-12)31(3,26)27/h5-7,10H,4,8-9,11H2,1-3H3,(H,21,23). The van der Waals surface area contributed by atoms with E-state index in [2.05, 4.69) is 5.32 Å². The first-order chi connectivity index (χ1) is 14.7. The van der Waals surface area contributed by atoms with Crippen LogP contribution in [-0.2, 0) is 32.3 Å². The first-order valence-corrected chi connectivity index (χ1v) is 12.1. The number of esters is 1. The molecule has 3 rings (SSSR count). The highest BCUT2D eigenvalue weighted by atomic mass is 32.2. The van der Waals surface area contributed by atoms with E-state index in [4.69, 9.17) is 9.47 Å². The molecule has 2 aromatic rings. The highest BCUT2D eigenvalue weighted by Gasteiger charge is 2.31. The lowest BCUT2D eigenvalue weighted by Gasteiger charge is -2.25. The third kappa shape index (κ3) is 4.88. The van der Waals surface area contributed by atoms with Crippen molar-refractivity contribution in [2.75, 3.05) is 31.8 Å². The third-order valence-corrected chi connectivity index (χ3v) is 6.96. The summed E-state index contributed by atoms with van der Waals surface area (Å²) in [5.41, 5.74) is 1.13. The minimum atomic E-state index is -3.48. The molecular weight excluding hydrogens is 444 g/mol. The van der Waals surface area contributed by atoms with E-state index in [0.29, 0.717) is 18.0 Å². The van der Waals surface area contributed by atoms with E-state index in [1.165, 1.54) is 47.6 Å². The number of benzene rings is 1. The number of amides is 2. The molecule has 0 unspecified atom stereocenters. The molecular formula is C20H22N2O7S2. The molecule has 9 nitrogen and oxygen atoms in total. The first-order valence-electron chi connectivity index (χ1n) is 9.41. The van der Waals surface area contributed by atoms with Gasteiger partial charge in [0.1, 0.15) is 5.00 Å². The maximum Gasteiger partial charge on any atom is 0.409 e. The van der Waals surface area contributed by atoms with Crippen molar-refractivity contribution < 1.29 is 32.3 Å². The molecule has 0 spiro atoms. The monoisotopic (exact) mass is 466 g/mol. The number of methoxy groups -OCH3 is 1. The SMILES string of the molecule is CCOC(=O)c1c(NC(=O)c2cccc(S(C)(=O)=O)c2)sc2c1CCN(C(=O)OC)C2. The number of hydrogen-bond acceptors (Lipinski definition) is 8. The molecule has 1 aliphatic heterocycles. The van der Waals surface area contributed by atoms with Crippen LogP contribution in [0.4, 0.5) is 9.80 Å². The topological polar surface area (TPSA) is 119 Å². The zero-order valence-electron chi connectivity index (χ0n) is 17.3. The van der Waals surface area contributed by atoms with Crippen molar-refractivity contribution in [3.05, 3.63) is 45.8 Å². The normalized spacial score (nSPS) is 13.3. The lowest BCUT2D eigenvalue weighted by Crippen LogP contribution is -2.35. The molecule has 2 heterocycles. The van der Waals surface area contributed by atoms with E-state index in [-0.39, 0.29) is 29.2 Å². The lowest BCUT2D eigenvalue weighted by molar-refractivity contribution is 0.0526. The minimum absolute atomic E-state index is 0.0185. The number of thiophene rings is 1. The molecule has 0 bridgehead atoms. The van der Waals surface area contributed by atoms with Crippen LogP contribution in [-0.4, -0.2) is 57.8 Å². The predicted molar refractivity (Wildman–Crippen MR) is 114 cm³/mol. The fourth-order valence-corrected chi connectivity index (χ4v) is 5.15. The van der Waals surface area contributed by atoms with E-state index in [0.717, 1.165) is 16.7 Å². The number of nitrogens with one attached hydrogen (secondary N) is 1. The molecule has 0 saturated carbocycles. The van der Waals surface area contributed by atoms with Gasteiger partial charge in [-0.25, -0.2) is 18.0 Å². The fraction of sp³-hybridized carbons (Fsp3) is 0.350. The number of hydrogen-bond donors (Lipinski definition) is 1. The van der Waals surface area contributed by atoms with Crippen molar-refractivity contribution in [3.63, 3.8) is 0 Å². The molecule has 31 heavy (non-hydrogen) atoms. The molecule has 0 saturated heterocycles. The molecule has 1 N–H and O–H groups in total. The first kappa shape index (κ1) is 22.8. The van der Waals surface area contributed by atoms with Gasteiger partial charge in [0.25, 0.3) is 5.91 Å². The Labute approximate surface area is 183 Å². The van der Waals surface area contributed by atoms with Gasteiger partial charge >= 0.3 is 12.1 Å². The number of carbonyl (C=O) groups is 3. The summed E-state index contributed by atoms with van der Waals surface area (Å²) < 4.78 is 33.5. The van der Waals surface area contributed by atoms with Gasteiger partial charge in [0.15, 0.2) is 9.84 Å². The maximum absolute atomic E-state index is 12.8. The van der Waals surface area contributed by atoms with Crippen LogP contribution in [0.1, 0.15) is 38.1 Å². The number of ether oxygens (including phenoxy) is 2. The van der Waals surface area contributed by atoms with E-state index in [1.54, 1.807) is 6.92 Å². The Bertz CT molecular complexity index is 1140. The predicted octanol–water partition coefficient (Wildman–Crippen LogP) is 2.71. The van der Waals surface area contributed by atoms with E-state index in [9.17, 15) is 22.8 Å². The van der Waals surface area contributed by atoms with Crippen LogP contribution in [0, 0.1) is 0 Å². The van der Waals surface area contributed by atoms with Crippen molar-refractivity contribution in [2.45, 2.75) is 24.8 Å². The Kier molecular flexibility index (Phi) is 6.65. The molecule has 11 heteroatoms. The number of nitrogens with zero attached hydrogens (tertiary/aromatic N) is 1. The lowest BCUT2D eigenvalue weighted by atomic mass is 10.0. The molecule has 1 aliphatic rings. The van der Waals surface area contributed by atoms with E-state index < -0.39 is 27.8 Å². The van der Waals surface area contributed by atoms with E-state index >= 15 is 0 Å². The summed E-state index contributed by atoms with van der Waals surface area (Å²) in [7, 11) is -2.18. The Morgan fingerprint density at radius 3 is 2.65 bits per heavy atom. The molecule has 0 radical (unpaired) electrons. The highest BCUT2D eigenvalue weighted by molar-refractivity contribution is 7.90. The van der Waals surface area contributed by atoms with Crippen LogP contribution < -0.4 is 5.32 Å². The highest BCUT2D eigenvalue weighted by Crippen LogP contribution is 2.38. The van der Waals surface area contributed by atoms with Crippen molar-refractivity contribution in [1.29, 1.82) is 0 Å². The second-order valence-electron chi connectivity index (χ2n) is 6.82. The van der Waals surface area contributed by atoms with Crippen molar-refractivity contribution in [2.24, 2.45) is 0 Å². The molecule has 0 aliphatic carbocycles. The summed E-state index contributed by atoms with van der Waals surface area (Å²) in [6.07, 6.45) is 0.998. The molecule has 2 amide bonds. The van der Waals surface area contributed by atoms with Crippen LogP contribution in [0.5, 0.6) is 0 Å². The van der Waals surface area contributed by atoms with Gasteiger partial charge in [-0.05, 0) is 37.1 Å². The number of fused-ring (bicyclic) bond motifs is 1. The molecule has 1 aromatic heterocycles. The van der Waals surface area contributed by atoms with Gasteiger partial charge in [-0.1, -0.05) is 6.07 Å². The largest absolute Gasteiger partial charge is 0.462 e. The number of anilines is 1. The Morgan fingerprint density at radius 2 is 2.00 bits per heavy atom. The average molecular weight is 467 g/mol. The van der Waals surface area contributed by atoms with Gasteiger partial charge in [-0.3, -0.25) is 4.79 Å². The Morgan fingerprint density at radius 1 is 1.26 bits per heavy atom. The summed E-state index contributed by atoms with van der Waals surface area (Å²) in [4.78, 5) is 39.6. The molecule has 0 fully saturated rings. The summed E-state index contributed by atoms with van der Waals surface area (Å²) in [6, 6.07) is 5.65.